The highest BCUT2D eigenvalue weighted by Crippen LogP contribution is 2.20. The Labute approximate surface area is 163 Å². The fraction of sp³-hybridized carbons (Fsp3) is 0.250. The molecule has 0 aliphatic heterocycles. The van der Waals surface area contributed by atoms with Crippen molar-refractivity contribution in [3.63, 3.8) is 0 Å². The number of hydrogen-bond donors (Lipinski definition) is 1. The number of rotatable bonds is 6. The molecular weight excluding hydrogens is 364 g/mol. The van der Waals surface area contributed by atoms with Crippen LogP contribution < -0.4 is 10.1 Å². The third kappa shape index (κ3) is 4.28. The van der Waals surface area contributed by atoms with Gasteiger partial charge in [0.05, 0.1) is 18.0 Å². The van der Waals surface area contributed by atoms with E-state index in [-0.39, 0.29) is 11.6 Å². The fourth-order valence-electron chi connectivity index (χ4n) is 2.68. The maximum absolute atomic E-state index is 12.5. The molecule has 1 heterocycles. The lowest BCUT2D eigenvalue weighted by Gasteiger charge is -2.08. The molecule has 0 atom stereocenters. The lowest BCUT2D eigenvalue weighted by atomic mass is 10.2. The maximum Gasteiger partial charge on any atom is 0.274 e. The van der Waals surface area contributed by atoms with Crippen LogP contribution >= 0.6 is 11.6 Å². The largest absolute Gasteiger partial charge is 0.494 e. The molecule has 1 aromatic heterocycles. The van der Waals surface area contributed by atoms with Gasteiger partial charge in [-0.15, -0.1) is 5.10 Å². The van der Waals surface area contributed by atoms with E-state index in [1.165, 1.54) is 0 Å². The van der Waals surface area contributed by atoms with Crippen molar-refractivity contribution in [2.24, 2.45) is 0 Å². The summed E-state index contributed by atoms with van der Waals surface area (Å²) in [6.45, 7) is 6.64. The summed E-state index contributed by atoms with van der Waals surface area (Å²) in [6, 6.07) is 13.2. The molecule has 0 saturated heterocycles. The van der Waals surface area contributed by atoms with Crippen molar-refractivity contribution in [1.82, 2.24) is 20.3 Å². The molecule has 0 spiro atoms. The topological polar surface area (TPSA) is 69.0 Å². The van der Waals surface area contributed by atoms with Gasteiger partial charge in [-0.2, -0.15) is 0 Å². The van der Waals surface area contributed by atoms with E-state index in [1.54, 1.807) is 17.7 Å². The average molecular weight is 385 g/mol. The van der Waals surface area contributed by atoms with E-state index in [0.29, 0.717) is 23.9 Å². The van der Waals surface area contributed by atoms with Crippen LogP contribution in [0.4, 0.5) is 0 Å². The summed E-state index contributed by atoms with van der Waals surface area (Å²) in [6.07, 6.45) is 0. The minimum atomic E-state index is -0.279. The van der Waals surface area contributed by atoms with E-state index in [2.05, 4.69) is 15.6 Å². The van der Waals surface area contributed by atoms with Gasteiger partial charge in [0.1, 0.15) is 5.75 Å². The highest BCUT2D eigenvalue weighted by molar-refractivity contribution is 6.31. The molecule has 0 aliphatic rings. The highest BCUT2D eigenvalue weighted by atomic mass is 35.5. The molecule has 2 aromatic carbocycles. The molecule has 0 bridgehead atoms. The van der Waals surface area contributed by atoms with Crippen LogP contribution in [-0.2, 0) is 6.54 Å². The molecule has 140 valence electrons. The zero-order valence-electron chi connectivity index (χ0n) is 15.5. The smallest absolute Gasteiger partial charge is 0.274 e. The number of aryl methyl sites for hydroxylation is 1. The van der Waals surface area contributed by atoms with Gasteiger partial charge < -0.3 is 10.1 Å². The molecule has 1 N–H and O–H groups in total. The van der Waals surface area contributed by atoms with Crippen molar-refractivity contribution < 1.29 is 9.53 Å². The average Bonchev–Trinajstić information content (AvgIpc) is 3.04. The molecule has 3 aromatic rings. The van der Waals surface area contributed by atoms with Gasteiger partial charge in [-0.25, -0.2) is 4.68 Å². The minimum Gasteiger partial charge on any atom is -0.494 e. The van der Waals surface area contributed by atoms with Crippen molar-refractivity contribution in [1.29, 1.82) is 0 Å². The van der Waals surface area contributed by atoms with E-state index in [9.17, 15) is 4.79 Å². The van der Waals surface area contributed by atoms with E-state index < -0.39 is 0 Å². The van der Waals surface area contributed by atoms with Gasteiger partial charge in [0.15, 0.2) is 5.69 Å². The predicted molar refractivity (Wildman–Crippen MR) is 105 cm³/mol. The van der Waals surface area contributed by atoms with Crippen LogP contribution in [0.2, 0.25) is 5.02 Å². The van der Waals surface area contributed by atoms with E-state index in [1.807, 2.05) is 50.2 Å². The summed E-state index contributed by atoms with van der Waals surface area (Å²) < 4.78 is 7.09. The minimum absolute atomic E-state index is 0.279. The second kappa shape index (κ2) is 8.22. The summed E-state index contributed by atoms with van der Waals surface area (Å²) in [5, 5.41) is 11.7. The first-order valence-corrected chi connectivity index (χ1v) is 9.06. The number of halogens is 1. The van der Waals surface area contributed by atoms with Crippen LogP contribution in [-0.4, -0.2) is 27.5 Å². The van der Waals surface area contributed by atoms with E-state index >= 15 is 0 Å². The number of aromatic nitrogens is 3. The van der Waals surface area contributed by atoms with Crippen molar-refractivity contribution in [2.75, 3.05) is 6.61 Å². The third-order valence-electron chi connectivity index (χ3n) is 4.17. The molecule has 27 heavy (non-hydrogen) atoms. The first-order valence-electron chi connectivity index (χ1n) is 8.68. The molecule has 0 aliphatic carbocycles. The zero-order valence-corrected chi connectivity index (χ0v) is 16.2. The molecular formula is C20H21ClN4O2. The quantitative estimate of drug-likeness (QED) is 0.700. The van der Waals surface area contributed by atoms with Crippen LogP contribution in [0.3, 0.4) is 0 Å². The molecule has 0 saturated carbocycles. The number of benzene rings is 2. The van der Waals surface area contributed by atoms with Crippen LogP contribution in [0.5, 0.6) is 5.75 Å². The van der Waals surface area contributed by atoms with Crippen LogP contribution in [0.15, 0.2) is 42.5 Å². The van der Waals surface area contributed by atoms with Gasteiger partial charge >= 0.3 is 0 Å². The molecule has 0 fully saturated rings. The number of nitrogens with zero attached hydrogens (tertiary/aromatic N) is 3. The molecule has 3 rings (SSSR count). The Morgan fingerprint density at radius 3 is 2.78 bits per heavy atom. The normalized spacial score (nSPS) is 10.7. The SMILES string of the molecule is CCOc1cccc(CNC(=O)c2nnn(-c3ccc(C)c(Cl)c3)c2C)c1. The monoisotopic (exact) mass is 384 g/mol. The summed E-state index contributed by atoms with van der Waals surface area (Å²) >= 11 is 6.19. The third-order valence-corrected chi connectivity index (χ3v) is 4.58. The Balaban J connectivity index is 1.73. The Morgan fingerprint density at radius 1 is 1.22 bits per heavy atom. The number of amides is 1. The van der Waals surface area contributed by atoms with Gasteiger partial charge in [-0.05, 0) is 56.2 Å². The Hall–Kier alpha value is -2.86. The molecule has 0 unspecified atom stereocenters. The van der Waals surface area contributed by atoms with E-state index in [0.717, 1.165) is 22.6 Å². The van der Waals surface area contributed by atoms with Crippen LogP contribution in [0, 0.1) is 13.8 Å². The Bertz CT molecular complexity index is 968. The first kappa shape index (κ1) is 18.9. The van der Waals surface area contributed by atoms with Gasteiger partial charge in [0.2, 0.25) is 0 Å². The highest BCUT2D eigenvalue weighted by Gasteiger charge is 2.17. The lowest BCUT2D eigenvalue weighted by Crippen LogP contribution is -2.24. The van der Waals surface area contributed by atoms with Crippen molar-refractivity contribution >= 4 is 17.5 Å². The lowest BCUT2D eigenvalue weighted by molar-refractivity contribution is 0.0945. The van der Waals surface area contributed by atoms with E-state index in [4.69, 9.17) is 16.3 Å². The van der Waals surface area contributed by atoms with Crippen LogP contribution in [0.25, 0.3) is 5.69 Å². The van der Waals surface area contributed by atoms with Crippen molar-refractivity contribution in [2.45, 2.75) is 27.3 Å². The summed E-state index contributed by atoms with van der Waals surface area (Å²) in [5.41, 5.74) is 3.62. The van der Waals surface area contributed by atoms with Crippen molar-refractivity contribution in [3.8, 4) is 11.4 Å². The molecule has 0 radical (unpaired) electrons. The molecule has 1 amide bonds. The standard InChI is InChI=1S/C20H21ClN4O2/c1-4-27-17-7-5-6-15(10-17)12-22-20(26)19-14(3)25(24-23-19)16-9-8-13(2)18(21)11-16/h5-11H,4,12H2,1-3H3,(H,22,26). The van der Waals surface area contributed by atoms with Gasteiger partial charge in [0, 0.05) is 11.6 Å². The number of nitrogens with one attached hydrogen (secondary N) is 1. The van der Waals surface area contributed by atoms with Gasteiger partial charge in [-0.3, -0.25) is 4.79 Å². The summed E-state index contributed by atoms with van der Waals surface area (Å²) in [7, 11) is 0. The number of carbonyl (C=O) groups excluding carboxylic acids is 1. The zero-order chi connectivity index (χ0) is 19.4. The maximum atomic E-state index is 12.5. The Kier molecular flexibility index (Phi) is 5.76. The van der Waals surface area contributed by atoms with Crippen LogP contribution in [0.1, 0.15) is 34.2 Å². The molecule has 6 nitrogen and oxygen atoms in total. The summed E-state index contributed by atoms with van der Waals surface area (Å²) in [4.78, 5) is 12.5. The Morgan fingerprint density at radius 2 is 2.04 bits per heavy atom. The second-order valence-electron chi connectivity index (χ2n) is 6.13. The molecule has 7 heteroatoms. The number of carbonyl (C=O) groups is 1. The summed E-state index contributed by atoms with van der Waals surface area (Å²) in [5.74, 6) is 0.501. The predicted octanol–water partition coefficient (Wildman–Crippen LogP) is 3.87. The number of ether oxygens (including phenoxy) is 1. The number of hydrogen-bond acceptors (Lipinski definition) is 4. The fourth-order valence-corrected chi connectivity index (χ4v) is 2.85. The first-order chi connectivity index (χ1) is 13.0. The van der Waals surface area contributed by atoms with Gasteiger partial charge in [-0.1, -0.05) is 35.0 Å². The van der Waals surface area contributed by atoms with Crippen molar-refractivity contribution in [3.05, 3.63) is 70.0 Å². The second-order valence-corrected chi connectivity index (χ2v) is 6.54. The van der Waals surface area contributed by atoms with Gasteiger partial charge in [0.25, 0.3) is 5.91 Å².